The average molecular weight is 287 g/mol. The second kappa shape index (κ2) is 6.92. The highest BCUT2D eigenvalue weighted by Gasteiger charge is 2.07. The first-order chi connectivity index (χ1) is 10.1. The van der Waals surface area contributed by atoms with E-state index in [0.717, 1.165) is 23.4 Å². The lowest BCUT2D eigenvalue weighted by molar-refractivity contribution is 0.0505. The van der Waals surface area contributed by atoms with Crippen molar-refractivity contribution >= 4 is 11.7 Å². The van der Waals surface area contributed by atoms with Gasteiger partial charge in [-0.3, -0.25) is 4.68 Å². The summed E-state index contributed by atoms with van der Waals surface area (Å²) in [6.07, 6.45) is 2.83. The molecule has 1 aromatic carbocycles. The van der Waals surface area contributed by atoms with Crippen LogP contribution in [0.1, 0.15) is 35.0 Å². The lowest BCUT2D eigenvalue weighted by Gasteiger charge is -2.07. The zero-order chi connectivity index (χ0) is 15.2. The maximum Gasteiger partial charge on any atom is 0.338 e. The molecule has 1 N–H and O–H groups in total. The predicted molar refractivity (Wildman–Crippen MR) is 82.3 cm³/mol. The lowest BCUT2D eigenvalue weighted by Crippen LogP contribution is -2.06. The number of hydrogen-bond acceptors (Lipinski definition) is 4. The summed E-state index contributed by atoms with van der Waals surface area (Å²) in [6, 6.07) is 7.31. The third kappa shape index (κ3) is 4.08. The van der Waals surface area contributed by atoms with Crippen molar-refractivity contribution in [3.05, 3.63) is 47.3 Å². The number of esters is 1. The van der Waals surface area contributed by atoms with Crippen LogP contribution in [0.3, 0.4) is 0 Å². The summed E-state index contributed by atoms with van der Waals surface area (Å²) >= 11 is 0. The van der Waals surface area contributed by atoms with Crippen LogP contribution >= 0.6 is 0 Å². The molecule has 0 aliphatic carbocycles. The van der Waals surface area contributed by atoms with E-state index in [4.69, 9.17) is 4.74 Å². The van der Waals surface area contributed by atoms with E-state index in [2.05, 4.69) is 10.4 Å². The van der Waals surface area contributed by atoms with Gasteiger partial charge in [0.05, 0.1) is 17.9 Å². The van der Waals surface area contributed by atoms with Gasteiger partial charge in [-0.25, -0.2) is 4.79 Å². The Morgan fingerprint density at radius 3 is 2.62 bits per heavy atom. The first-order valence-corrected chi connectivity index (χ1v) is 7.10. The van der Waals surface area contributed by atoms with Crippen molar-refractivity contribution in [3.8, 4) is 0 Å². The van der Waals surface area contributed by atoms with Crippen LogP contribution in [0, 0.1) is 6.92 Å². The van der Waals surface area contributed by atoms with Crippen LogP contribution in [0.2, 0.25) is 0 Å². The van der Waals surface area contributed by atoms with E-state index in [1.807, 2.05) is 39.2 Å². The minimum atomic E-state index is -0.272. The third-order valence-corrected chi connectivity index (χ3v) is 3.16. The molecular formula is C16H21N3O2. The van der Waals surface area contributed by atoms with Gasteiger partial charge in [-0.1, -0.05) is 6.92 Å². The largest absolute Gasteiger partial charge is 0.462 e. The topological polar surface area (TPSA) is 56.1 Å². The van der Waals surface area contributed by atoms with E-state index in [9.17, 15) is 4.79 Å². The quantitative estimate of drug-likeness (QED) is 0.830. The molecule has 0 saturated heterocycles. The van der Waals surface area contributed by atoms with Crippen molar-refractivity contribution in [3.63, 3.8) is 0 Å². The number of benzene rings is 1. The smallest absolute Gasteiger partial charge is 0.338 e. The average Bonchev–Trinajstić information content (AvgIpc) is 2.81. The van der Waals surface area contributed by atoms with Crippen molar-refractivity contribution in [2.24, 2.45) is 7.05 Å². The normalized spacial score (nSPS) is 10.4. The van der Waals surface area contributed by atoms with E-state index in [1.54, 1.807) is 16.8 Å². The van der Waals surface area contributed by atoms with Crippen LogP contribution < -0.4 is 5.32 Å². The number of rotatable bonds is 6. The first-order valence-electron chi connectivity index (χ1n) is 7.10. The van der Waals surface area contributed by atoms with Crippen LogP contribution in [0.15, 0.2) is 30.5 Å². The Morgan fingerprint density at radius 1 is 1.33 bits per heavy atom. The molecule has 0 spiro atoms. The molecular weight excluding hydrogens is 266 g/mol. The number of nitrogens with one attached hydrogen (secondary N) is 1. The second-order valence-electron chi connectivity index (χ2n) is 4.98. The van der Waals surface area contributed by atoms with Crippen molar-refractivity contribution < 1.29 is 9.53 Å². The first kappa shape index (κ1) is 15.1. The van der Waals surface area contributed by atoms with Gasteiger partial charge in [-0.2, -0.15) is 5.10 Å². The molecule has 0 fully saturated rings. The highest BCUT2D eigenvalue weighted by molar-refractivity contribution is 5.89. The summed E-state index contributed by atoms with van der Waals surface area (Å²) in [5, 5.41) is 7.62. The van der Waals surface area contributed by atoms with Gasteiger partial charge in [0, 0.05) is 31.0 Å². The Bertz CT molecular complexity index is 602. The molecule has 1 aromatic heterocycles. The second-order valence-corrected chi connectivity index (χ2v) is 4.98. The number of aromatic nitrogens is 2. The highest BCUT2D eigenvalue weighted by Crippen LogP contribution is 2.13. The van der Waals surface area contributed by atoms with Gasteiger partial charge in [0.1, 0.15) is 0 Å². The zero-order valence-electron chi connectivity index (χ0n) is 12.7. The molecule has 2 aromatic rings. The standard InChI is InChI=1S/C16H21N3O2/c1-4-9-21-16(20)13-5-7-15(8-6-13)17-10-14-11-19(3)18-12(14)2/h5-8,11,17H,4,9-10H2,1-3H3. The Hall–Kier alpha value is -2.30. The molecule has 0 aliphatic heterocycles. The number of nitrogens with zero attached hydrogens (tertiary/aromatic N) is 2. The van der Waals surface area contributed by atoms with E-state index in [0.29, 0.717) is 18.7 Å². The Labute approximate surface area is 124 Å². The molecule has 112 valence electrons. The van der Waals surface area contributed by atoms with Crippen molar-refractivity contribution in [2.75, 3.05) is 11.9 Å². The number of aryl methyl sites for hydroxylation is 2. The molecule has 0 amide bonds. The maximum atomic E-state index is 11.7. The maximum absolute atomic E-state index is 11.7. The lowest BCUT2D eigenvalue weighted by atomic mass is 10.2. The fourth-order valence-electron chi connectivity index (χ4n) is 2.02. The molecule has 2 rings (SSSR count). The Balaban J connectivity index is 1.93. The van der Waals surface area contributed by atoms with Crippen LogP contribution in [0.25, 0.3) is 0 Å². The number of ether oxygens (including phenoxy) is 1. The van der Waals surface area contributed by atoms with Crippen molar-refractivity contribution in [1.29, 1.82) is 0 Å². The van der Waals surface area contributed by atoms with Gasteiger partial charge in [0.15, 0.2) is 0 Å². The minimum Gasteiger partial charge on any atom is -0.462 e. The Kier molecular flexibility index (Phi) is 4.98. The SMILES string of the molecule is CCCOC(=O)c1ccc(NCc2cn(C)nc2C)cc1. The van der Waals surface area contributed by atoms with Gasteiger partial charge in [-0.05, 0) is 37.6 Å². The molecule has 0 aliphatic rings. The van der Waals surface area contributed by atoms with Gasteiger partial charge < -0.3 is 10.1 Å². The zero-order valence-corrected chi connectivity index (χ0v) is 12.7. The van der Waals surface area contributed by atoms with E-state index in [-0.39, 0.29) is 5.97 Å². The molecule has 0 unspecified atom stereocenters. The Morgan fingerprint density at radius 2 is 2.05 bits per heavy atom. The summed E-state index contributed by atoms with van der Waals surface area (Å²) in [5.74, 6) is -0.272. The molecule has 21 heavy (non-hydrogen) atoms. The molecule has 5 nitrogen and oxygen atoms in total. The molecule has 0 bridgehead atoms. The number of carbonyl (C=O) groups excluding carboxylic acids is 1. The van der Waals surface area contributed by atoms with E-state index < -0.39 is 0 Å². The summed E-state index contributed by atoms with van der Waals surface area (Å²) in [5.41, 5.74) is 3.71. The fourth-order valence-corrected chi connectivity index (χ4v) is 2.02. The van der Waals surface area contributed by atoms with Crippen LogP contribution in [-0.4, -0.2) is 22.4 Å². The number of carbonyl (C=O) groups is 1. The van der Waals surface area contributed by atoms with Crippen molar-refractivity contribution in [1.82, 2.24) is 9.78 Å². The third-order valence-electron chi connectivity index (χ3n) is 3.16. The van der Waals surface area contributed by atoms with Crippen LogP contribution in [0.5, 0.6) is 0 Å². The molecule has 0 atom stereocenters. The molecule has 5 heteroatoms. The van der Waals surface area contributed by atoms with Crippen molar-refractivity contribution in [2.45, 2.75) is 26.8 Å². The van der Waals surface area contributed by atoms with Crippen LogP contribution in [0.4, 0.5) is 5.69 Å². The van der Waals surface area contributed by atoms with E-state index >= 15 is 0 Å². The molecule has 0 saturated carbocycles. The minimum absolute atomic E-state index is 0.272. The van der Waals surface area contributed by atoms with Gasteiger partial charge in [0.25, 0.3) is 0 Å². The molecule has 0 radical (unpaired) electrons. The monoisotopic (exact) mass is 287 g/mol. The number of anilines is 1. The highest BCUT2D eigenvalue weighted by atomic mass is 16.5. The van der Waals surface area contributed by atoms with Gasteiger partial charge in [0.2, 0.25) is 0 Å². The summed E-state index contributed by atoms with van der Waals surface area (Å²) in [4.78, 5) is 11.7. The predicted octanol–water partition coefficient (Wildman–Crippen LogP) is 2.91. The molecule has 1 heterocycles. The summed E-state index contributed by atoms with van der Waals surface area (Å²) in [7, 11) is 1.91. The van der Waals surface area contributed by atoms with Gasteiger partial charge in [-0.15, -0.1) is 0 Å². The van der Waals surface area contributed by atoms with E-state index in [1.165, 1.54) is 0 Å². The number of hydrogen-bond donors (Lipinski definition) is 1. The summed E-state index contributed by atoms with van der Waals surface area (Å²) < 4.78 is 6.90. The summed E-state index contributed by atoms with van der Waals surface area (Å²) in [6.45, 7) is 5.13. The van der Waals surface area contributed by atoms with Crippen LogP contribution in [-0.2, 0) is 18.3 Å². The fraction of sp³-hybridized carbons (Fsp3) is 0.375. The van der Waals surface area contributed by atoms with Gasteiger partial charge >= 0.3 is 5.97 Å².